The summed E-state index contributed by atoms with van der Waals surface area (Å²) >= 11 is 0. The second-order valence-corrected chi connectivity index (χ2v) is 2.48. The SMILES string of the molecule is COc1cc(C#N)c([N+](=O)[O-])cc1N. The zero-order chi connectivity index (χ0) is 10.7. The van der Waals surface area contributed by atoms with Gasteiger partial charge in [-0.2, -0.15) is 5.26 Å². The molecule has 6 heteroatoms. The van der Waals surface area contributed by atoms with Crippen molar-refractivity contribution >= 4 is 11.4 Å². The van der Waals surface area contributed by atoms with E-state index < -0.39 is 4.92 Å². The third kappa shape index (κ3) is 1.56. The minimum Gasteiger partial charge on any atom is -0.495 e. The van der Waals surface area contributed by atoms with Gasteiger partial charge in [-0.25, -0.2) is 0 Å². The summed E-state index contributed by atoms with van der Waals surface area (Å²) in [6, 6.07) is 4.05. The number of nitro benzene ring substituents is 1. The molecular weight excluding hydrogens is 186 g/mol. The summed E-state index contributed by atoms with van der Waals surface area (Å²) in [6.45, 7) is 0. The molecule has 14 heavy (non-hydrogen) atoms. The molecule has 0 aliphatic carbocycles. The fourth-order valence-electron chi connectivity index (χ4n) is 1.00. The lowest BCUT2D eigenvalue weighted by molar-refractivity contribution is -0.385. The van der Waals surface area contributed by atoms with Crippen LogP contribution >= 0.6 is 0 Å². The van der Waals surface area contributed by atoms with Gasteiger partial charge < -0.3 is 10.5 Å². The van der Waals surface area contributed by atoms with Gasteiger partial charge in [0.25, 0.3) is 5.69 Å². The number of nitrogens with zero attached hydrogens (tertiary/aromatic N) is 2. The summed E-state index contributed by atoms with van der Waals surface area (Å²) in [5.74, 6) is 0.257. The van der Waals surface area contributed by atoms with Gasteiger partial charge in [-0.15, -0.1) is 0 Å². The normalized spacial score (nSPS) is 9.14. The molecule has 0 unspecified atom stereocenters. The molecule has 0 spiro atoms. The van der Waals surface area contributed by atoms with Gasteiger partial charge in [0.1, 0.15) is 17.4 Å². The molecule has 1 rings (SSSR count). The highest BCUT2D eigenvalue weighted by Crippen LogP contribution is 2.29. The Morgan fingerprint density at radius 1 is 1.64 bits per heavy atom. The molecule has 0 radical (unpaired) electrons. The fourth-order valence-corrected chi connectivity index (χ4v) is 1.00. The number of anilines is 1. The van der Waals surface area contributed by atoms with E-state index in [2.05, 4.69) is 0 Å². The Morgan fingerprint density at radius 2 is 2.29 bits per heavy atom. The van der Waals surface area contributed by atoms with Crippen LogP contribution in [0, 0.1) is 21.4 Å². The first-order valence-electron chi connectivity index (χ1n) is 3.62. The molecule has 2 N–H and O–H groups in total. The van der Waals surface area contributed by atoms with Crippen LogP contribution < -0.4 is 10.5 Å². The van der Waals surface area contributed by atoms with Gasteiger partial charge in [-0.1, -0.05) is 0 Å². The van der Waals surface area contributed by atoms with Crippen LogP contribution in [0.3, 0.4) is 0 Å². The van der Waals surface area contributed by atoms with Crippen LogP contribution in [0.15, 0.2) is 12.1 Å². The number of methoxy groups -OCH3 is 1. The highest BCUT2D eigenvalue weighted by molar-refractivity contribution is 5.64. The minimum absolute atomic E-state index is 0.0685. The quantitative estimate of drug-likeness (QED) is 0.429. The molecule has 0 bridgehead atoms. The largest absolute Gasteiger partial charge is 0.495 e. The van der Waals surface area contributed by atoms with Gasteiger partial charge in [-0.05, 0) is 0 Å². The van der Waals surface area contributed by atoms with Crippen molar-refractivity contribution < 1.29 is 9.66 Å². The van der Waals surface area contributed by atoms with Crippen LogP contribution in [0.2, 0.25) is 0 Å². The van der Waals surface area contributed by atoms with E-state index in [0.717, 1.165) is 6.07 Å². The number of hydrogen-bond donors (Lipinski definition) is 1. The van der Waals surface area contributed by atoms with Crippen molar-refractivity contribution in [2.45, 2.75) is 0 Å². The Kier molecular flexibility index (Phi) is 2.53. The van der Waals surface area contributed by atoms with Crippen LogP contribution in [0.5, 0.6) is 5.75 Å². The smallest absolute Gasteiger partial charge is 0.289 e. The summed E-state index contributed by atoms with van der Waals surface area (Å²) in [6.07, 6.45) is 0. The second-order valence-electron chi connectivity index (χ2n) is 2.48. The molecule has 0 saturated heterocycles. The Hall–Kier alpha value is -2.29. The van der Waals surface area contributed by atoms with Gasteiger partial charge in [-0.3, -0.25) is 10.1 Å². The molecule has 0 atom stereocenters. The second kappa shape index (κ2) is 3.62. The van der Waals surface area contributed by atoms with E-state index in [4.69, 9.17) is 15.7 Å². The molecule has 0 fully saturated rings. The average Bonchev–Trinajstić information content (AvgIpc) is 2.17. The molecule has 0 heterocycles. The molecule has 0 aliphatic heterocycles. The van der Waals surface area contributed by atoms with Crippen LogP contribution in [0.4, 0.5) is 11.4 Å². The molecule has 0 amide bonds. The lowest BCUT2D eigenvalue weighted by Gasteiger charge is -2.04. The van der Waals surface area contributed by atoms with E-state index in [9.17, 15) is 10.1 Å². The van der Waals surface area contributed by atoms with Gasteiger partial charge >= 0.3 is 0 Å². The fraction of sp³-hybridized carbons (Fsp3) is 0.125. The summed E-state index contributed by atoms with van der Waals surface area (Å²) < 4.78 is 4.82. The summed E-state index contributed by atoms with van der Waals surface area (Å²) in [7, 11) is 1.37. The molecule has 0 saturated carbocycles. The Balaban J connectivity index is 3.41. The molecule has 1 aromatic rings. The lowest BCUT2D eigenvalue weighted by atomic mass is 10.1. The first-order valence-corrected chi connectivity index (χ1v) is 3.62. The number of rotatable bonds is 2. The molecule has 6 nitrogen and oxygen atoms in total. The molecule has 1 aromatic carbocycles. The Bertz CT molecular complexity index is 423. The predicted octanol–water partition coefficient (Wildman–Crippen LogP) is 1.06. The van der Waals surface area contributed by atoms with E-state index in [1.54, 1.807) is 6.07 Å². The van der Waals surface area contributed by atoms with Crippen molar-refractivity contribution in [1.29, 1.82) is 5.26 Å². The third-order valence-electron chi connectivity index (χ3n) is 1.67. The van der Waals surface area contributed by atoms with Gasteiger partial charge in [0.15, 0.2) is 0 Å². The number of benzene rings is 1. The van der Waals surface area contributed by atoms with Crippen molar-refractivity contribution in [3.63, 3.8) is 0 Å². The summed E-state index contributed by atoms with van der Waals surface area (Å²) in [5, 5.41) is 19.1. The van der Waals surface area contributed by atoms with Gasteiger partial charge in [0.05, 0.1) is 17.7 Å². The van der Waals surface area contributed by atoms with E-state index in [0.29, 0.717) is 0 Å². The Labute approximate surface area is 79.7 Å². The van der Waals surface area contributed by atoms with Crippen LogP contribution in [0.25, 0.3) is 0 Å². The van der Waals surface area contributed by atoms with Gasteiger partial charge in [0.2, 0.25) is 0 Å². The van der Waals surface area contributed by atoms with E-state index in [1.807, 2.05) is 0 Å². The lowest BCUT2D eigenvalue weighted by Crippen LogP contribution is -1.98. The zero-order valence-electron chi connectivity index (χ0n) is 7.35. The maximum atomic E-state index is 10.5. The summed E-state index contributed by atoms with van der Waals surface area (Å²) in [5.41, 5.74) is 5.21. The summed E-state index contributed by atoms with van der Waals surface area (Å²) in [4.78, 5) is 9.83. The van der Waals surface area contributed by atoms with Crippen molar-refractivity contribution in [3.05, 3.63) is 27.8 Å². The number of nitrogens with two attached hydrogens (primary N) is 1. The van der Waals surface area contributed by atoms with E-state index in [1.165, 1.54) is 13.2 Å². The number of nitriles is 1. The Morgan fingerprint density at radius 3 is 2.71 bits per heavy atom. The van der Waals surface area contributed by atoms with Gasteiger partial charge in [0, 0.05) is 12.1 Å². The minimum atomic E-state index is -0.658. The van der Waals surface area contributed by atoms with Crippen molar-refractivity contribution in [1.82, 2.24) is 0 Å². The maximum Gasteiger partial charge on any atom is 0.289 e. The van der Waals surface area contributed by atoms with Crippen LogP contribution in [-0.2, 0) is 0 Å². The molecule has 0 aliphatic rings. The predicted molar refractivity (Wildman–Crippen MR) is 48.8 cm³/mol. The van der Waals surface area contributed by atoms with Crippen molar-refractivity contribution in [2.24, 2.45) is 0 Å². The van der Waals surface area contributed by atoms with E-state index in [-0.39, 0.29) is 22.7 Å². The van der Waals surface area contributed by atoms with Crippen LogP contribution in [0.1, 0.15) is 5.56 Å². The average molecular weight is 193 g/mol. The number of nitro groups is 1. The highest BCUT2D eigenvalue weighted by Gasteiger charge is 2.16. The highest BCUT2D eigenvalue weighted by atomic mass is 16.6. The number of nitrogen functional groups attached to an aromatic ring is 1. The number of hydrogen-bond acceptors (Lipinski definition) is 5. The first-order chi connectivity index (χ1) is 6.60. The third-order valence-corrected chi connectivity index (χ3v) is 1.67. The monoisotopic (exact) mass is 193 g/mol. The molecule has 0 aromatic heterocycles. The molecule has 72 valence electrons. The zero-order valence-corrected chi connectivity index (χ0v) is 7.35. The number of ether oxygens (including phenoxy) is 1. The van der Waals surface area contributed by atoms with Crippen LogP contribution in [-0.4, -0.2) is 12.0 Å². The topological polar surface area (TPSA) is 102 Å². The standard InChI is InChI=1S/C8H7N3O3/c1-14-8-2-5(4-9)7(11(12)13)3-6(8)10/h2-3H,10H2,1H3. The van der Waals surface area contributed by atoms with E-state index >= 15 is 0 Å². The molecular formula is C8H7N3O3. The first kappa shape index (κ1) is 9.80. The van der Waals surface area contributed by atoms with Crippen molar-refractivity contribution in [3.8, 4) is 11.8 Å². The maximum absolute atomic E-state index is 10.5. The van der Waals surface area contributed by atoms with Crippen molar-refractivity contribution in [2.75, 3.05) is 12.8 Å².